The van der Waals surface area contributed by atoms with Gasteiger partial charge in [0.15, 0.2) is 0 Å². The van der Waals surface area contributed by atoms with Gasteiger partial charge in [0, 0.05) is 0 Å². The van der Waals surface area contributed by atoms with Crippen molar-refractivity contribution in [2.75, 3.05) is 26.4 Å². The van der Waals surface area contributed by atoms with E-state index < -0.39 is 23.9 Å². The number of carbonyl (C=O) groups excluding carboxylic acids is 4. The molecule has 0 N–H and O–H groups in total. The Morgan fingerprint density at radius 3 is 0.903 bits per heavy atom. The highest BCUT2D eigenvalue weighted by Crippen LogP contribution is 2.34. The maximum absolute atomic E-state index is 14.7. The fraction of sp³-hybridized carbons (Fsp3) is 0.750. The maximum atomic E-state index is 14.7. The number of carbonyl (C=O) groups is 4. The quantitative estimate of drug-likeness (QED) is 0.0367. The van der Waals surface area contributed by atoms with Crippen LogP contribution < -0.4 is 0 Å². The summed E-state index contributed by atoms with van der Waals surface area (Å²) in [7, 11) is 0. The summed E-state index contributed by atoms with van der Waals surface area (Å²) < 4.78 is 23.9. The maximum Gasteiger partial charge on any atom is 0.339 e. The van der Waals surface area contributed by atoms with Gasteiger partial charge in [0.25, 0.3) is 0 Å². The molecule has 0 amide bonds. The number of rotatable bonds is 45. The number of esters is 4. The molecule has 0 aromatic heterocycles. The fourth-order valence-corrected chi connectivity index (χ4v) is 9.43. The standard InChI is InChI=1S/C64H106O8/c1-51(2)40-30-21-13-9-17-25-36-46-69-61(65)57-50-56(55-44-34-29-35-45-55)58(62(66)70-47-37-26-18-10-14-22-31-41-52(3)4)60(64(68)72-49-39-28-20-12-16-24-33-43-54(7)8)59(57)63(67)71-48-38-27-19-11-15-23-32-42-53(5)6/h29,34-35,44-45,50-54H,9-28,30-33,36-43,46-49H2,1-8H3. The minimum atomic E-state index is -0.849. The molecule has 2 aromatic carbocycles. The highest BCUT2D eigenvalue weighted by atomic mass is 16.5. The van der Waals surface area contributed by atoms with Crippen molar-refractivity contribution in [1.82, 2.24) is 0 Å². The van der Waals surface area contributed by atoms with Crippen LogP contribution in [0.5, 0.6) is 0 Å². The Morgan fingerprint density at radius 1 is 0.319 bits per heavy atom. The Balaban J connectivity index is 2.44. The van der Waals surface area contributed by atoms with Gasteiger partial charge in [0.05, 0.1) is 48.7 Å². The molecule has 0 aliphatic rings. The van der Waals surface area contributed by atoms with Crippen LogP contribution in [-0.2, 0) is 18.9 Å². The third-order valence-electron chi connectivity index (χ3n) is 13.9. The minimum absolute atomic E-state index is 0.0906. The van der Waals surface area contributed by atoms with E-state index in [9.17, 15) is 19.2 Å². The fourth-order valence-electron chi connectivity index (χ4n) is 9.43. The molecule has 8 heteroatoms. The van der Waals surface area contributed by atoms with E-state index in [0.717, 1.165) is 101 Å². The van der Waals surface area contributed by atoms with Gasteiger partial charge in [0.2, 0.25) is 0 Å². The molecular formula is C64H106O8. The van der Waals surface area contributed by atoms with Crippen LogP contribution in [0.1, 0.15) is 302 Å². The summed E-state index contributed by atoms with van der Waals surface area (Å²) in [4.78, 5) is 58.2. The summed E-state index contributed by atoms with van der Waals surface area (Å²) in [5, 5.41) is 0. The second-order valence-electron chi connectivity index (χ2n) is 22.6. The summed E-state index contributed by atoms with van der Waals surface area (Å²) >= 11 is 0. The molecule has 410 valence electrons. The molecule has 0 unspecified atom stereocenters. The van der Waals surface area contributed by atoms with Crippen molar-refractivity contribution < 1.29 is 38.1 Å². The van der Waals surface area contributed by atoms with Gasteiger partial charge in [0.1, 0.15) is 0 Å². The largest absolute Gasteiger partial charge is 0.462 e. The summed E-state index contributed by atoms with van der Waals surface area (Å²) in [5.74, 6) is -0.265. The second kappa shape index (κ2) is 41.6. The van der Waals surface area contributed by atoms with Gasteiger partial charge in [-0.05, 0) is 66.5 Å². The van der Waals surface area contributed by atoms with Gasteiger partial charge < -0.3 is 18.9 Å². The predicted octanol–water partition coefficient (Wildman–Crippen LogP) is 19.1. The number of unbranched alkanes of at least 4 members (excludes halogenated alkanes) is 24. The van der Waals surface area contributed by atoms with Crippen molar-refractivity contribution in [3.05, 3.63) is 58.7 Å². The normalized spacial score (nSPS) is 11.6. The molecule has 0 saturated carbocycles. The molecule has 0 bridgehead atoms. The number of ether oxygens (including phenoxy) is 4. The van der Waals surface area contributed by atoms with Crippen molar-refractivity contribution >= 4 is 23.9 Å². The van der Waals surface area contributed by atoms with Crippen LogP contribution in [0.2, 0.25) is 0 Å². The first kappa shape index (κ1) is 64.4. The van der Waals surface area contributed by atoms with Crippen molar-refractivity contribution in [3.63, 3.8) is 0 Å². The Labute approximate surface area is 441 Å². The van der Waals surface area contributed by atoms with Crippen LogP contribution in [0.15, 0.2) is 36.4 Å². The van der Waals surface area contributed by atoms with Crippen molar-refractivity contribution in [3.8, 4) is 11.1 Å². The van der Waals surface area contributed by atoms with Gasteiger partial charge in [-0.2, -0.15) is 0 Å². The number of benzene rings is 2. The van der Waals surface area contributed by atoms with Crippen LogP contribution in [0.4, 0.5) is 0 Å². The molecule has 0 radical (unpaired) electrons. The van der Waals surface area contributed by atoms with E-state index in [2.05, 4.69) is 55.4 Å². The van der Waals surface area contributed by atoms with E-state index in [1.54, 1.807) is 0 Å². The molecule has 0 fully saturated rings. The molecule has 0 saturated heterocycles. The zero-order chi connectivity index (χ0) is 52.6. The molecule has 72 heavy (non-hydrogen) atoms. The van der Waals surface area contributed by atoms with Crippen LogP contribution >= 0.6 is 0 Å². The van der Waals surface area contributed by atoms with E-state index in [1.807, 2.05) is 30.3 Å². The lowest BCUT2D eigenvalue weighted by molar-refractivity contribution is 0.0415. The van der Waals surface area contributed by atoms with E-state index in [-0.39, 0.29) is 48.7 Å². The van der Waals surface area contributed by atoms with Gasteiger partial charge in [-0.3, -0.25) is 0 Å². The summed E-state index contributed by atoms with van der Waals surface area (Å²) in [6.45, 7) is 18.7. The highest BCUT2D eigenvalue weighted by Gasteiger charge is 2.36. The molecule has 8 nitrogen and oxygen atoms in total. The molecule has 0 aliphatic heterocycles. The van der Waals surface area contributed by atoms with Gasteiger partial charge in [-0.1, -0.05) is 266 Å². The summed E-state index contributed by atoms with van der Waals surface area (Å²) in [6, 6.07) is 10.7. The molecule has 2 aromatic rings. The lowest BCUT2D eigenvalue weighted by Gasteiger charge is -2.20. The molecule has 0 atom stereocenters. The average molecular weight is 1000 g/mol. The topological polar surface area (TPSA) is 105 Å². The van der Waals surface area contributed by atoms with Crippen molar-refractivity contribution in [1.29, 1.82) is 0 Å². The Morgan fingerprint density at radius 2 is 0.583 bits per heavy atom. The van der Waals surface area contributed by atoms with Crippen LogP contribution in [0, 0.1) is 23.7 Å². The van der Waals surface area contributed by atoms with E-state index >= 15 is 0 Å². The summed E-state index contributed by atoms with van der Waals surface area (Å²) in [5.41, 5.74) is 0.120. The lowest BCUT2D eigenvalue weighted by Crippen LogP contribution is -2.25. The van der Waals surface area contributed by atoms with Crippen molar-refractivity contribution in [2.24, 2.45) is 23.7 Å². The lowest BCUT2D eigenvalue weighted by atomic mass is 9.88. The van der Waals surface area contributed by atoms with E-state index in [4.69, 9.17) is 18.9 Å². The number of hydrogen-bond donors (Lipinski definition) is 0. The molecular weight excluding hydrogens is 897 g/mol. The molecule has 0 heterocycles. The average Bonchev–Trinajstić information content (AvgIpc) is 3.35. The van der Waals surface area contributed by atoms with Crippen LogP contribution in [-0.4, -0.2) is 50.3 Å². The minimum Gasteiger partial charge on any atom is -0.462 e. The van der Waals surface area contributed by atoms with Crippen LogP contribution in [0.3, 0.4) is 0 Å². The number of hydrogen-bond acceptors (Lipinski definition) is 8. The Kier molecular flexibility index (Phi) is 37.3. The first-order chi connectivity index (χ1) is 34.8. The zero-order valence-electron chi connectivity index (χ0n) is 47.5. The van der Waals surface area contributed by atoms with E-state index in [1.165, 1.54) is 109 Å². The third-order valence-corrected chi connectivity index (χ3v) is 13.9. The van der Waals surface area contributed by atoms with Gasteiger partial charge in [-0.25, -0.2) is 19.2 Å². The Bertz CT molecular complexity index is 1710. The first-order valence-corrected chi connectivity index (χ1v) is 29.8. The summed E-state index contributed by atoms with van der Waals surface area (Å²) in [6.07, 6.45) is 34.6. The highest BCUT2D eigenvalue weighted by molar-refractivity contribution is 6.18. The Hall–Kier alpha value is -3.68. The molecule has 0 spiro atoms. The zero-order valence-corrected chi connectivity index (χ0v) is 47.5. The van der Waals surface area contributed by atoms with E-state index in [0.29, 0.717) is 36.8 Å². The van der Waals surface area contributed by atoms with Gasteiger partial charge in [-0.15, -0.1) is 0 Å². The SMILES string of the molecule is CC(C)CCCCCCCCCOC(=O)c1cc(-c2ccccc2)c(C(=O)OCCCCCCCCCC(C)C)c(C(=O)OCCCCCCCCCC(C)C)c1C(=O)OCCCCCCCCCC(C)C. The predicted molar refractivity (Wildman–Crippen MR) is 300 cm³/mol. The first-order valence-electron chi connectivity index (χ1n) is 29.8. The smallest absolute Gasteiger partial charge is 0.339 e. The second-order valence-corrected chi connectivity index (χ2v) is 22.6. The monoisotopic (exact) mass is 1000 g/mol. The van der Waals surface area contributed by atoms with Crippen molar-refractivity contribution in [2.45, 2.75) is 261 Å². The third kappa shape index (κ3) is 30.5. The molecule has 2 rings (SSSR count). The van der Waals surface area contributed by atoms with Crippen LogP contribution in [0.25, 0.3) is 11.1 Å². The molecule has 0 aliphatic carbocycles. The van der Waals surface area contributed by atoms with Gasteiger partial charge >= 0.3 is 23.9 Å².